The van der Waals surface area contributed by atoms with E-state index in [0.717, 1.165) is 9.13 Å². The molecule has 7 rings (SSSR count). The highest BCUT2D eigenvalue weighted by atomic mass is 32.2. The van der Waals surface area contributed by atoms with Crippen molar-refractivity contribution in [2.75, 3.05) is 0 Å². The first kappa shape index (κ1) is 26.4. The van der Waals surface area contributed by atoms with Crippen molar-refractivity contribution in [3.63, 3.8) is 0 Å². The van der Waals surface area contributed by atoms with E-state index in [0.29, 0.717) is 0 Å². The summed E-state index contributed by atoms with van der Waals surface area (Å²) >= 11 is 0. The first-order valence-electron chi connectivity index (χ1n) is 12.2. The largest absolute Gasteiger partial charge is 0.506 e. The number of sulfonamides is 1. The molecule has 0 atom stereocenters. The van der Waals surface area contributed by atoms with Crippen LogP contribution in [0.15, 0.2) is 109 Å². The molecule has 0 saturated heterocycles. The highest BCUT2D eigenvalue weighted by molar-refractivity contribution is 7.90. The van der Waals surface area contributed by atoms with Gasteiger partial charge < -0.3 is 10.2 Å². The summed E-state index contributed by atoms with van der Waals surface area (Å²) in [5.41, 5.74) is -2.59. The fourth-order valence-electron chi connectivity index (χ4n) is 4.84. The number of benzene rings is 4. The molecule has 0 bridgehead atoms. The van der Waals surface area contributed by atoms with Crippen LogP contribution in [-0.2, 0) is 10.0 Å². The second-order valence-corrected chi connectivity index (χ2v) is 10.9. The van der Waals surface area contributed by atoms with E-state index in [2.05, 4.69) is 0 Å². The Hall–Kier alpha value is -5.82. The second-order valence-electron chi connectivity index (χ2n) is 9.24. The van der Waals surface area contributed by atoms with Crippen LogP contribution in [0, 0.1) is 0 Å². The number of phenols is 2. The van der Waals surface area contributed by atoms with Crippen molar-refractivity contribution in [1.82, 2.24) is 13.9 Å². The molecule has 0 fully saturated rings. The first-order chi connectivity index (χ1) is 20.0. The predicted octanol–water partition coefficient (Wildman–Crippen LogP) is 1.42. The average molecular weight is 584 g/mol. The third-order valence-electron chi connectivity index (χ3n) is 6.79. The molecule has 2 aromatic heterocycles. The van der Waals surface area contributed by atoms with Crippen LogP contribution >= 0.6 is 0 Å². The molecule has 0 aliphatic carbocycles. The number of amides is 1. The van der Waals surface area contributed by atoms with Crippen LogP contribution < -0.4 is 27.0 Å². The fourth-order valence-corrected chi connectivity index (χ4v) is 6.01. The molecule has 0 unspecified atom stereocenters. The van der Waals surface area contributed by atoms with Gasteiger partial charge in [0.2, 0.25) is 0 Å². The molecule has 1 amide bonds. The Labute approximate surface area is 234 Å². The Bertz CT molecular complexity index is 2230. The number of carbonyl (C=O) groups is 1. The van der Waals surface area contributed by atoms with E-state index in [1.807, 2.05) is 4.72 Å². The summed E-state index contributed by atoms with van der Waals surface area (Å²) in [7, 11) is -3.55. The molecular weight excluding hydrogens is 566 g/mol. The topological polar surface area (TPSA) is 182 Å². The Balaban J connectivity index is 0.000000219. The summed E-state index contributed by atoms with van der Waals surface area (Å²) in [5.74, 6) is -1.06. The Morgan fingerprint density at radius 3 is 1.33 bits per heavy atom. The van der Waals surface area contributed by atoms with Gasteiger partial charge in [0.1, 0.15) is 16.4 Å². The van der Waals surface area contributed by atoms with E-state index in [1.165, 1.54) is 48.5 Å². The van der Waals surface area contributed by atoms with E-state index in [4.69, 9.17) is 0 Å². The van der Waals surface area contributed by atoms with Crippen LogP contribution in [0.1, 0.15) is 10.4 Å². The third-order valence-corrected chi connectivity index (χ3v) is 8.17. The minimum Gasteiger partial charge on any atom is -0.506 e. The molecule has 4 aromatic carbocycles. The SMILES string of the molecule is O=C1NS(=O)(=O)c2ccccc21.O=c1c2cc3c(=O)n(-c4ccccc4O)c(=O)c3cc2c(=O)n1-c1ccccc1O. The summed E-state index contributed by atoms with van der Waals surface area (Å²) in [4.78, 5) is 62.6. The Morgan fingerprint density at radius 1 is 0.548 bits per heavy atom. The van der Waals surface area contributed by atoms with Crippen LogP contribution in [0.2, 0.25) is 0 Å². The van der Waals surface area contributed by atoms with Crippen molar-refractivity contribution in [3.05, 3.63) is 132 Å². The number of nitrogens with one attached hydrogen (secondary N) is 1. The van der Waals surface area contributed by atoms with Gasteiger partial charge in [-0.3, -0.25) is 24.0 Å². The molecule has 6 aromatic rings. The number of hydrogen-bond donors (Lipinski definition) is 3. The maximum Gasteiger partial charge on any atom is 0.266 e. The zero-order chi connectivity index (χ0) is 29.9. The van der Waals surface area contributed by atoms with Gasteiger partial charge in [-0.1, -0.05) is 36.4 Å². The first-order valence-corrected chi connectivity index (χ1v) is 13.7. The third kappa shape index (κ3) is 3.90. The molecule has 12 nitrogen and oxygen atoms in total. The van der Waals surface area contributed by atoms with Gasteiger partial charge in [-0.2, -0.15) is 0 Å². The predicted molar refractivity (Wildman–Crippen MR) is 152 cm³/mol. The van der Waals surface area contributed by atoms with Crippen LogP contribution in [0.25, 0.3) is 32.9 Å². The van der Waals surface area contributed by atoms with Gasteiger partial charge >= 0.3 is 0 Å². The summed E-state index contributed by atoms with van der Waals surface area (Å²) in [6.07, 6.45) is 0. The highest BCUT2D eigenvalue weighted by Crippen LogP contribution is 2.23. The molecule has 208 valence electrons. The zero-order valence-electron chi connectivity index (χ0n) is 21.1. The normalized spacial score (nSPS) is 13.5. The van der Waals surface area contributed by atoms with E-state index in [-0.39, 0.29) is 54.9 Å². The molecule has 1 aliphatic heterocycles. The van der Waals surface area contributed by atoms with Gasteiger partial charge in [0.05, 0.1) is 38.5 Å². The lowest BCUT2D eigenvalue weighted by molar-refractivity contribution is 0.0985. The average Bonchev–Trinajstić information content (AvgIpc) is 3.47. The molecule has 0 spiro atoms. The van der Waals surface area contributed by atoms with Crippen molar-refractivity contribution in [3.8, 4) is 22.9 Å². The van der Waals surface area contributed by atoms with Crippen molar-refractivity contribution in [2.45, 2.75) is 4.90 Å². The van der Waals surface area contributed by atoms with Crippen molar-refractivity contribution in [1.29, 1.82) is 0 Å². The molecular formula is C29H17N3O9S. The standard InChI is InChI=1S/C22H12N2O6.C7H5NO3S/c25-17-7-3-1-5-15(17)23-19(27)11-9-13-14(10-12(11)20(23)28)22(30)24(21(13)29)16-6-2-4-8-18(16)26;9-7-5-3-1-2-4-6(5)12(10,11)8-7/h1-10,25-26H;1-4H,(H,8,9). The molecule has 0 saturated carbocycles. The number of rotatable bonds is 2. The van der Waals surface area contributed by atoms with E-state index in [1.54, 1.807) is 36.4 Å². The van der Waals surface area contributed by atoms with Crippen LogP contribution in [0.4, 0.5) is 0 Å². The van der Waals surface area contributed by atoms with Crippen molar-refractivity contribution >= 4 is 37.5 Å². The number of carbonyl (C=O) groups excluding carboxylic acids is 1. The van der Waals surface area contributed by atoms with Crippen molar-refractivity contribution < 1.29 is 23.4 Å². The fraction of sp³-hybridized carbons (Fsp3) is 0. The van der Waals surface area contributed by atoms with Gasteiger partial charge in [-0.25, -0.2) is 22.3 Å². The lowest BCUT2D eigenvalue weighted by Gasteiger charge is -2.02. The molecule has 1 aliphatic rings. The van der Waals surface area contributed by atoms with Gasteiger partial charge in [-0.15, -0.1) is 0 Å². The lowest BCUT2D eigenvalue weighted by Crippen LogP contribution is -2.24. The number of phenolic OH excluding ortho intramolecular Hbond substituents is 2. The number of hydrogen-bond acceptors (Lipinski definition) is 9. The number of para-hydroxylation sites is 4. The van der Waals surface area contributed by atoms with Crippen LogP contribution in [0.5, 0.6) is 11.5 Å². The summed E-state index contributed by atoms with van der Waals surface area (Å²) in [6.45, 7) is 0. The minimum absolute atomic E-state index is 0.0114. The number of fused-ring (bicyclic) bond motifs is 3. The highest BCUT2D eigenvalue weighted by Gasteiger charge is 2.31. The van der Waals surface area contributed by atoms with Gasteiger partial charge in [0, 0.05) is 0 Å². The molecule has 42 heavy (non-hydrogen) atoms. The zero-order valence-corrected chi connectivity index (χ0v) is 22.0. The maximum atomic E-state index is 12.9. The smallest absolute Gasteiger partial charge is 0.266 e. The van der Waals surface area contributed by atoms with Gasteiger partial charge in [0.25, 0.3) is 38.2 Å². The number of nitrogens with zero attached hydrogens (tertiary/aromatic N) is 2. The molecule has 0 radical (unpaired) electrons. The minimum atomic E-state index is -3.55. The summed E-state index contributed by atoms with van der Waals surface area (Å²) in [5, 5.41) is 19.9. The lowest BCUT2D eigenvalue weighted by atomic mass is 10.1. The molecule has 3 N–H and O–H groups in total. The molecule has 13 heteroatoms. The summed E-state index contributed by atoms with van der Waals surface area (Å²) in [6, 6.07) is 20.3. The van der Waals surface area contributed by atoms with E-state index in [9.17, 15) is 42.6 Å². The van der Waals surface area contributed by atoms with E-state index < -0.39 is 38.2 Å². The van der Waals surface area contributed by atoms with Gasteiger partial charge in [0.15, 0.2) is 0 Å². The quantitative estimate of drug-likeness (QED) is 0.271. The Morgan fingerprint density at radius 2 is 0.929 bits per heavy atom. The van der Waals surface area contributed by atoms with Crippen LogP contribution in [0.3, 0.4) is 0 Å². The van der Waals surface area contributed by atoms with Crippen molar-refractivity contribution in [2.24, 2.45) is 0 Å². The monoisotopic (exact) mass is 583 g/mol. The number of aromatic nitrogens is 2. The van der Waals surface area contributed by atoms with E-state index >= 15 is 0 Å². The number of aromatic hydroxyl groups is 2. The maximum absolute atomic E-state index is 12.9. The second kappa shape index (κ2) is 9.38. The Kier molecular flexibility index (Phi) is 5.90. The van der Waals surface area contributed by atoms with Gasteiger partial charge in [-0.05, 0) is 48.5 Å². The summed E-state index contributed by atoms with van der Waals surface area (Å²) < 4.78 is 25.8. The molecule has 3 heterocycles. The van der Waals surface area contributed by atoms with Crippen LogP contribution in [-0.4, -0.2) is 33.7 Å².